The second kappa shape index (κ2) is 4.78. The molecule has 0 aromatic heterocycles. The third-order valence-corrected chi connectivity index (χ3v) is 3.62. The zero-order valence-electron chi connectivity index (χ0n) is 11.8. The zero-order valence-corrected chi connectivity index (χ0v) is 11.8. The summed E-state index contributed by atoms with van der Waals surface area (Å²) in [5.74, 6) is -0.880. The first kappa shape index (κ1) is 14.8. The maximum absolute atomic E-state index is 11.9. The van der Waals surface area contributed by atoms with Crippen LogP contribution in [0.3, 0.4) is 0 Å². The summed E-state index contributed by atoms with van der Waals surface area (Å²) < 4.78 is 5.29. The first-order valence-corrected chi connectivity index (χ1v) is 6.27. The van der Waals surface area contributed by atoms with Gasteiger partial charge in [-0.25, -0.2) is 4.79 Å². The van der Waals surface area contributed by atoms with Gasteiger partial charge in [0, 0.05) is 13.1 Å². The van der Waals surface area contributed by atoms with E-state index in [4.69, 9.17) is 4.74 Å². The molecule has 1 fully saturated rings. The number of piperidine rings is 1. The average molecular weight is 257 g/mol. The summed E-state index contributed by atoms with van der Waals surface area (Å²) in [6.45, 7) is 9.93. The minimum atomic E-state index is -0.793. The van der Waals surface area contributed by atoms with Crippen molar-refractivity contribution in [3.63, 3.8) is 0 Å². The van der Waals surface area contributed by atoms with Crippen molar-refractivity contribution in [3.05, 3.63) is 0 Å². The highest BCUT2D eigenvalue weighted by atomic mass is 16.6. The van der Waals surface area contributed by atoms with E-state index in [1.54, 1.807) is 11.8 Å². The Labute approximate surface area is 108 Å². The fourth-order valence-electron chi connectivity index (χ4n) is 2.05. The molecule has 1 aliphatic heterocycles. The number of nitrogens with zero attached hydrogens (tertiary/aromatic N) is 1. The highest BCUT2D eigenvalue weighted by Gasteiger charge is 2.44. The predicted molar refractivity (Wildman–Crippen MR) is 67.3 cm³/mol. The number of carboxylic acids is 1. The van der Waals surface area contributed by atoms with Crippen LogP contribution in [0.1, 0.15) is 41.0 Å². The van der Waals surface area contributed by atoms with Crippen LogP contribution in [-0.4, -0.2) is 40.8 Å². The van der Waals surface area contributed by atoms with E-state index < -0.39 is 17.0 Å². The number of hydrogen-bond acceptors (Lipinski definition) is 3. The molecule has 1 N–H and O–H groups in total. The topological polar surface area (TPSA) is 66.8 Å². The van der Waals surface area contributed by atoms with Gasteiger partial charge in [0.25, 0.3) is 0 Å². The molecule has 5 heteroatoms. The number of hydrogen-bond donors (Lipinski definition) is 1. The molecule has 1 saturated heterocycles. The van der Waals surface area contributed by atoms with Crippen LogP contribution < -0.4 is 0 Å². The standard InChI is InChI=1S/C13H23NO4/c1-9-8-14(11(17)18-12(2,3)4)7-6-13(9,5)10(15)16/h9H,6-8H2,1-5H3,(H,15,16). The van der Waals surface area contributed by atoms with Gasteiger partial charge in [-0.1, -0.05) is 6.92 Å². The fourth-order valence-corrected chi connectivity index (χ4v) is 2.05. The van der Waals surface area contributed by atoms with Crippen LogP contribution >= 0.6 is 0 Å². The summed E-state index contributed by atoms with van der Waals surface area (Å²) in [6, 6.07) is 0. The third kappa shape index (κ3) is 3.15. The van der Waals surface area contributed by atoms with Crippen molar-refractivity contribution in [1.82, 2.24) is 4.90 Å². The summed E-state index contributed by atoms with van der Waals surface area (Å²) in [4.78, 5) is 24.8. The molecule has 0 aromatic carbocycles. The minimum absolute atomic E-state index is 0.0868. The molecule has 18 heavy (non-hydrogen) atoms. The molecule has 2 unspecified atom stereocenters. The summed E-state index contributed by atoms with van der Waals surface area (Å²) in [6.07, 6.45) is 0.102. The Bertz CT molecular complexity index is 347. The zero-order chi connectivity index (χ0) is 14.1. The lowest BCUT2D eigenvalue weighted by atomic mass is 9.73. The Hall–Kier alpha value is -1.26. The molecule has 2 atom stereocenters. The lowest BCUT2D eigenvalue weighted by molar-refractivity contribution is -0.154. The molecule has 104 valence electrons. The van der Waals surface area contributed by atoms with E-state index in [-0.39, 0.29) is 12.0 Å². The molecular weight excluding hydrogens is 234 g/mol. The first-order valence-electron chi connectivity index (χ1n) is 6.27. The monoisotopic (exact) mass is 257 g/mol. The largest absolute Gasteiger partial charge is 0.481 e. The Balaban J connectivity index is 2.67. The summed E-state index contributed by atoms with van der Waals surface area (Å²) >= 11 is 0. The quantitative estimate of drug-likeness (QED) is 0.783. The molecule has 0 spiro atoms. The van der Waals surface area contributed by atoms with E-state index >= 15 is 0 Å². The fraction of sp³-hybridized carbons (Fsp3) is 0.846. The van der Waals surface area contributed by atoms with Gasteiger partial charge < -0.3 is 14.7 Å². The maximum atomic E-state index is 11.9. The lowest BCUT2D eigenvalue weighted by Gasteiger charge is -2.41. The molecule has 1 aliphatic rings. The minimum Gasteiger partial charge on any atom is -0.481 e. The Morgan fingerprint density at radius 2 is 1.94 bits per heavy atom. The van der Waals surface area contributed by atoms with Gasteiger partial charge in [0.15, 0.2) is 0 Å². The molecule has 1 heterocycles. The van der Waals surface area contributed by atoms with E-state index in [9.17, 15) is 14.7 Å². The first-order chi connectivity index (χ1) is 8.06. The van der Waals surface area contributed by atoms with Crippen LogP contribution in [-0.2, 0) is 9.53 Å². The lowest BCUT2D eigenvalue weighted by Crippen LogP contribution is -2.51. The number of carbonyl (C=O) groups excluding carboxylic acids is 1. The number of rotatable bonds is 1. The summed E-state index contributed by atoms with van der Waals surface area (Å²) in [7, 11) is 0. The van der Waals surface area contributed by atoms with Crippen LogP contribution in [0.2, 0.25) is 0 Å². The van der Waals surface area contributed by atoms with Gasteiger partial charge in [0.2, 0.25) is 0 Å². The van der Waals surface area contributed by atoms with E-state index in [0.717, 1.165) is 0 Å². The normalized spacial score (nSPS) is 28.9. The van der Waals surface area contributed by atoms with Crippen LogP contribution in [0.4, 0.5) is 4.79 Å². The highest BCUT2D eigenvalue weighted by molar-refractivity contribution is 5.75. The molecule has 0 saturated carbocycles. The molecular formula is C13H23NO4. The van der Waals surface area contributed by atoms with Crippen molar-refractivity contribution in [2.45, 2.75) is 46.6 Å². The number of ether oxygens (including phenoxy) is 1. The maximum Gasteiger partial charge on any atom is 0.410 e. The van der Waals surface area contributed by atoms with Crippen molar-refractivity contribution in [2.75, 3.05) is 13.1 Å². The van der Waals surface area contributed by atoms with E-state index in [1.165, 1.54) is 0 Å². The van der Waals surface area contributed by atoms with Gasteiger partial charge in [-0.05, 0) is 40.0 Å². The van der Waals surface area contributed by atoms with Crippen LogP contribution in [0, 0.1) is 11.3 Å². The van der Waals surface area contributed by atoms with Crippen LogP contribution in [0.5, 0.6) is 0 Å². The molecule has 1 rings (SSSR count). The number of aliphatic carboxylic acids is 1. The molecule has 1 amide bonds. The molecule has 5 nitrogen and oxygen atoms in total. The van der Waals surface area contributed by atoms with Gasteiger partial charge in [-0.15, -0.1) is 0 Å². The van der Waals surface area contributed by atoms with E-state index in [2.05, 4.69) is 0 Å². The Kier molecular flexibility index (Phi) is 3.93. The Morgan fingerprint density at radius 1 is 1.39 bits per heavy atom. The number of carboxylic acid groups (broad SMARTS) is 1. The summed E-state index contributed by atoms with van der Waals surface area (Å²) in [5.41, 5.74) is -1.27. The number of likely N-dealkylation sites (tertiary alicyclic amines) is 1. The Morgan fingerprint density at radius 3 is 2.33 bits per heavy atom. The third-order valence-electron chi connectivity index (χ3n) is 3.62. The summed E-state index contributed by atoms with van der Waals surface area (Å²) in [5, 5.41) is 9.24. The van der Waals surface area contributed by atoms with Crippen molar-refractivity contribution in [2.24, 2.45) is 11.3 Å². The average Bonchev–Trinajstić information content (AvgIpc) is 2.19. The van der Waals surface area contributed by atoms with Crippen molar-refractivity contribution < 1.29 is 19.4 Å². The van der Waals surface area contributed by atoms with Crippen LogP contribution in [0.25, 0.3) is 0 Å². The van der Waals surface area contributed by atoms with Gasteiger partial charge in [-0.2, -0.15) is 0 Å². The SMILES string of the molecule is CC1CN(C(=O)OC(C)(C)C)CCC1(C)C(=O)O. The van der Waals surface area contributed by atoms with Crippen molar-refractivity contribution >= 4 is 12.1 Å². The predicted octanol–water partition coefficient (Wildman–Crippen LogP) is 2.35. The van der Waals surface area contributed by atoms with E-state index in [0.29, 0.717) is 19.5 Å². The molecule has 0 radical (unpaired) electrons. The molecule has 0 bridgehead atoms. The van der Waals surface area contributed by atoms with E-state index in [1.807, 2.05) is 27.7 Å². The van der Waals surface area contributed by atoms with Crippen molar-refractivity contribution in [1.29, 1.82) is 0 Å². The van der Waals surface area contributed by atoms with Crippen LogP contribution in [0.15, 0.2) is 0 Å². The van der Waals surface area contributed by atoms with Gasteiger partial charge in [0.1, 0.15) is 5.60 Å². The highest BCUT2D eigenvalue weighted by Crippen LogP contribution is 2.36. The van der Waals surface area contributed by atoms with Gasteiger partial charge >= 0.3 is 12.1 Å². The number of amides is 1. The molecule has 0 aliphatic carbocycles. The van der Waals surface area contributed by atoms with Gasteiger partial charge in [0.05, 0.1) is 5.41 Å². The smallest absolute Gasteiger partial charge is 0.410 e. The second-order valence-electron chi connectivity index (χ2n) is 6.30. The number of carbonyl (C=O) groups is 2. The van der Waals surface area contributed by atoms with Gasteiger partial charge in [-0.3, -0.25) is 4.79 Å². The second-order valence-corrected chi connectivity index (χ2v) is 6.30. The van der Waals surface area contributed by atoms with Crippen molar-refractivity contribution in [3.8, 4) is 0 Å². The molecule has 0 aromatic rings.